The van der Waals surface area contributed by atoms with Gasteiger partial charge in [0.2, 0.25) is 0 Å². The van der Waals surface area contributed by atoms with Crippen LogP contribution in [0.3, 0.4) is 0 Å². The second-order valence-electron chi connectivity index (χ2n) is 8.00. The van der Waals surface area contributed by atoms with Crippen molar-refractivity contribution in [3.63, 3.8) is 0 Å². The first-order chi connectivity index (χ1) is 13.3. The van der Waals surface area contributed by atoms with Crippen LogP contribution in [-0.4, -0.2) is 72.7 Å². The molecular weight excluding hydrogens is 392 g/mol. The van der Waals surface area contributed by atoms with Gasteiger partial charge in [-0.25, -0.2) is 10.3 Å². The van der Waals surface area contributed by atoms with Gasteiger partial charge in [0.1, 0.15) is 12.1 Å². The lowest BCUT2D eigenvalue weighted by Crippen LogP contribution is -2.54. The molecular formula is C16H26N4O7S. The van der Waals surface area contributed by atoms with Crippen LogP contribution in [0.2, 0.25) is 0 Å². The predicted molar refractivity (Wildman–Crippen MR) is 94.7 cm³/mol. The Morgan fingerprint density at radius 2 is 1.96 bits per heavy atom. The Hall–Kier alpha value is -1.47. The van der Waals surface area contributed by atoms with Gasteiger partial charge >= 0.3 is 16.4 Å². The highest BCUT2D eigenvalue weighted by atomic mass is 32.3. The first kappa shape index (κ1) is 19.8. The van der Waals surface area contributed by atoms with E-state index in [9.17, 15) is 18.0 Å². The summed E-state index contributed by atoms with van der Waals surface area (Å²) >= 11 is 0. The van der Waals surface area contributed by atoms with E-state index in [0.717, 1.165) is 13.0 Å². The molecule has 4 fully saturated rings. The van der Waals surface area contributed by atoms with E-state index in [-0.39, 0.29) is 12.6 Å². The van der Waals surface area contributed by atoms with Gasteiger partial charge in [-0.3, -0.25) is 14.2 Å². The number of urea groups is 1. The zero-order valence-electron chi connectivity index (χ0n) is 15.5. The summed E-state index contributed by atoms with van der Waals surface area (Å²) in [6.45, 7) is 1.81. The molecule has 0 aromatic rings. The summed E-state index contributed by atoms with van der Waals surface area (Å²) in [6, 6.07) is -2.05. The van der Waals surface area contributed by atoms with E-state index >= 15 is 0 Å². The number of carbonyl (C=O) groups excluding carboxylic acids is 2. The first-order valence-corrected chi connectivity index (χ1v) is 11.1. The van der Waals surface area contributed by atoms with E-state index in [1.54, 1.807) is 0 Å². The highest BCUT2D eigenvalue weighted by Crippen LogP contribution is 2.35. The molecule has 1 saturated carbocycles. The second kappa shape index (κ2) is 7.75. The minimum Gasteiger partial charge on any atom is -0.314 e. The summed E-state index contributed by atoms with van der Waals surface area (Å²) in [5, 5.41) is 3.98. The minimum atomic E-state index is -4.81. The fourth-order valence-electron chi connectivity index (χ4n) is 4.98. The van der Waals surface area contributed by atoms with Crippen molar-refractivity contribution in [1.82, 2.24) is 20.8 Å². The molecule has 0 aromatic carbocycles. The predicted octanol–water partition coefficient (Wildman–Crippen LogP) is -0.185. The fraction of sp³-hybridized carbons (Fsp3) is 0.875. The van der Waals surface area contributed by atoms with Crippen LogP contribution in [0.15, 0.2) is 0 Å². The van der Waals surface area contributed by atoms with E-state index in [1.165, 1.54) is 24.2 Å². The van der Waals surface area contributed by atoms with Gasteiger partial charge in [-0.1, -0.05) is 12.8 Å². The Bertz CT molecular complexity index is 731. The zero-order chi connectivity index (χ0) is 19.9. The highest BCUT2D eigenvalue weighted by molar-refractivity contribution is 7.80. The summed E-state index contributed by atoms with van der Waals surface area (Å²) in [6.07, 6.45) is 5.28. The lowest BCUT2D eigenvalue weighted by atomic mass is 9.74. The summed E-state index contributed by atoms with van der Waals surface area (Å²) in [4.78, 5) is 32.0. The topological polar surface area (TPSA) is 138 Å². The third kappa shape index (κ3) is 3.96. The lowest BCUT2D eigenvalue weighted by Gasteiger charge is -2.41. The average molecular weight is 418 g/mol. The number of carbonyl (C=O) groups is 2. The van der Waals surface area contributed by atoms with Gasteiger partial charge in [0, 0.05) is 13.1 Å². The summed E-state index contributed by atoms with van der Waals surface area (Å²) in [5.74, 6) is 0.544. The van der Waals surface area contributed by atoms with E-state index in [0.29, 0.717) is 36.3 Å². The molecule has 3 saturated heterocycles. The molecule has 4 rings (SSSR count). The van der Waals surface area contributed by atoms with E-state index in [1.807, 2.05) is 0 Å². The Morgan fingerprint density at radius 3 is 2.75 bits per heavy atom. The van der Waals surface area contributed by atoms with E-state index in [2.05, 4.69) is 15.1 Å². The van der Waals surface area contributed by atoms with Gasteiger partial charge in [0.05, 0.1) is 6.04 Å². The minimum absolute atomic E-state index is 0.104. The molecule has 0 aromatic heterocycles. The van der Waals surface area contributed by atoms with Crippen molar-refractivity contribution < 1.29 is 31.7 Å². The maximum atomic E-state index is 12.6. The largest absolute Gasteiger partial charge is 0.418 e. The number of amides is 3. The number of piperidine rings is 2. The van der Waals surface area contributed by atoms with Crippen LogP contribution in [-0.2, 0) is 24.3 Å². The van der Waals surface area contributed by atoms with Crippen molar-refractivity contribution in [2.45, 2.75) is 56.7 Å². The van der Waals surface area contributed by atoms with Crippen LogP contribution in [0.1, 0.15) is 38.5 Å². The molecule has 0 radical (unpaired) electrons. The molecule has 0 spiro atoms. The monoisotopic (exact) mass is 418 g/mol. The van der Waals surface area contributed by atoms with Crippen molar-refractivity contribution in [1.29, 1.82) is 0 Å². The molecule has 158 valence electrons. The molecule has 5 atom stereocenters. The molecule has 3 heterocycles. The summed E-state index contributed by atoms with van der Waals surface area (Å²) in [5.41, 5.74) is 2.52. The molecule has 28 heavy (non-hydrogen) atoms. The Labute approximate surface area is 163 Å². The zero-order valence-corrected chi connectivity index (χ0v) is 16.3. The number of hydrogen-bond donors (Lipinski definition) is 3. The third-order valence-electron chi connectivity index (χ3n) is 6.31. The number of rotatable bonds is 5. The Balaban J connectivity index is 1.35. The average Bonchev–Trinajstić information content (AvgIpc) is 2.89. The van der Waals surface area contributed by atoms with Gasteiger partial charge in [-0.05, 0) is 44.1 Å². The fourth-order valence-corrected chi connectivity index (χ4v) is 5.36. The SMILES string of the molecule is O=C(NOC1CNCC2CCCCC21)[C@@H]1CC[C@@H]2CN1C(=O)N2OS(=O)(=O)O. The molecule has 3 aliphatic heterocycles. The van der Waals surface area contributed by atoms with Gasteiger partial charge in [-0.15, -0.1) is 4.28 Å². The van der Waals surface area contributed by atoms with E-state index < -0.39 is 34.4 Å². The number of nitrogens with zero attached hydrogens (tertiary/aromatic N) is 2. The maximum Gasteiger partial charge on any atom is 0.418 e. The number of nitrogens with one attached hydrogen (secondary N) is 2. The van der Waals surface area contributed by atoms with Gasteiger partial charge in [-0.2, -0.15) is 13.5 Å². The van der Waals surface area contributed by atoms with Crippen LogP contribution < -0.4 is 10.8 Å². The molecule has 3 amide bonds. The number of hydrogen-bond acceptors (Lipinski definition) is 7. The lowest BCUT2D eigenvalue weighted by molar-refractivity contribution is -0.150. The van der Waals surface area contributed by atoms with Crippen molar-refractivity contribution in [3.05, 3.63) is 0 Å². The van der Waals surface area contributed by atoms with Gasteiger partial charge < -0.3 is 10.2 Å². The molecule has 3 N–H and O–H groups in total. The molecule has 2 bridgehead atoms. The summed E-state index contributed by atoms with van der Waals surface area (Å²) < 4.78 is 35.1. The van der Waals surface area contributed by atoms with Gasteiger partial charge in [0.25, 0.3) is 5.91 Å². The molecule has 1 aliphatic carbocycles. The number of fused-ring (bicyclic) bond motifs is 3. The van der Waals surface area contributed by atoms with Crippen LogP contribution in [0.25, 0.3) is 0 Å². The van der Waals surface area contributed by atoms with Crippen molar-refractivity contribution in [3.8, 4) is 0 Å². The normalized spacial score (nSPS) is 35.6. The molecule has 11 nitrogen and oxygen atoms in total. The maximum absolute atomic E-state index is 12.6. The van der Waals surface area contributed by atoms with E-state index in [4.69, 9.17) is 9.39 Å². The third-order valence-corrected chi connectivity index (χ3v) is 6.66. The standard InChI is InChI=1S/C16H26N4O7S/c21-15(18-26-14-8-17-7-10-3-1-2-4-12(10)14)13-6-5-11-9-19(13)16(22)20(11)27-28(23,24)25/h10-14,17H,1-9H2,(H,18,21)(H,23,24,25)/t10?,11-,12?,13+,14?/m1/s1. The highest BCUT2D eigenvalue weighted by Gasteiger charge is 2.49. The van der Waals surface area contributed by atoms with Crippen molar-refractivity contribution in [2.75, 3.05) is 19.6 Å². The van der Waals surface area contributed by atoms with Crippen LogP contribution in [0, 0.1) is 11.8 Å². The molecule has 4 aliphatic rings. The quantitative estimate of drug-likeness (QED) is 0.413. The molecule has 12 heteroatoms. The Morgan fingerprint density at radius 1 is 1.18 bits per heavy atom. The summed E-state index contributed by atoms with van der Waals surface area (Å²) in [7, 11) is -4.81. The smallest absolute Gasteiger partial charge is 0.314 e. The van der Waals surface area contributed by atoms with Crippen molar-refractivity contribution >= 4 is 22.3 Å². The van der Waals surface area contributed by atoms with Crippen molar-refractivity contribution in [2.24, 2.45) is 11.8 Å². The Kier molecular flexibility index (Phi) is 5.49. The first-order valence-electron chi connectivity index (χ1n) is 9.76. The van der Waals surface area contributed by atoms with Gasteiger partial charge in [0.15, 0.2) is 0 Å². The van der Waals surface area contributed by atoms with Crippen LogP contribution in [0.4, 0.5) is 4.79 Å². The van der Waals surface area contributed by atoms with Crippen LogP contribution in [0.5, 0.6) is 0 Å². The second-order valence-corrected chi connectivity index (χ2v) is 9.00. The number of hydroxylamine groups is 3. The molecule has 3 unspecified atom stereocenters. The van der Waals surface area contributed by atoms with Crippen LogP contribution >= 0.6 is 0 Å².